The summed E-state index contributed by atoms with van der Waals surface area (Å²) < 4.78 is 4.66. The third-order valence-electron chi connectivity index (χ3n) is 2.37. The van der Waals surface area contributed by atoms with Crippen LogP contribution in [0.15, 0.2) is 18.2 Å². The number of fused-ring (bicyclic) bond motifs is 1. The van der Waals surface area contributed by atoms with Gasteiger partial charge in [0.05, 0.1) is 7.11 Å². The second kappa shape index (κ2) is 3.21. The molecule has 1 aromatic carbocycles. The lowest BCUT2D eigenvalue weighted by atomic mass is 10.1. The predicted octanol–water partition coefficient (Wildman–Crippen LogP) is 0.778. The van der Waals surface area contributed by atoms with Crippen LogP contribution in [0.5, 0.6) is 0 Å². The smallest absolute Gasteiger partial charge is 0.328 e. The Kier molecular flexibility index (Phi) is 2.04. The molecule has 1 aliphatic rings. The van der Waals surface area contributed by atoms with Crippen LogP contribution in [0.1, 0.15) is 5.56 Å². The summed E-state index contributed by atoms with van der Waals surface area (Å²) in [6.07, 6.45) is 0.669. The van der Waals surface area contributed by atoms with Crippen LogP contribution in [0.4, 0.5) is 11.4 Å². The van der Waals surface area contributed by atoms with Crippen molar-refractivity contribution in [2.45, 2.75) is 12.5 Å². The fourth-order valence-electron chi connectivity index (χ4n) is 1.65. The molecule has 4 heteroatoms. The number of benzene rings is 1. The van der Waals surface area contributed by atoms with E-state index in [0.29, 0.717) is 12.1 Å². The van der Waals surface area contributed by atoms with E-state index in [1.54, 1.807) is 0 Å². The van der Waals surface area contributed by atoms with Gasteiger partial charge in [0.15, 0.2) is 0 Å². The van der Waals surface area contributed by atoms with Gasteiger partial charge in [0, 0.05) is 17.8 Å². The summed E-state index contributed by atoms with van der Waals surface area (Å²) in [5.74, 6) is -0.236. The third kappa shape index (κ3) is 1.39. The topological polar surface area (TPSA) is 64.3 Å². The fourth-order valence-corrected chi connectivity index (χ4v) is 1.65. The highest BCUT2D eigenvalue weighted by Crippen LogP contribution is 2.27. The Labute approximate surface area is 82.1 Å². The number of nitrogen functional groups attached to an aromatic ring is 1. The minimum absolute atomic E-state index is 0.236. The summed E-state index contributed by atoms with van der Waals surface area (Å²) in [5, 5.41) is 3.07. The quantitative estimate of drug-likeness (QED) is 0.509. The normalized spacial score (nSPS) is 18.5. The summed E-state index contributed by atoms with van der Waals surface area (Å²) in [4.78, 5) is 11.3. The first-order valence-corrected chi connectivity index (χ1v) is 4.43. The van der Waals surface area contributed by atoms with Crippen LogP contribution in [0.3, 0.4) is 0 Å². The Morgan fingerprint density at radius 1 is 1.64 bits per heavy atom. The number of nitrogens with one attached hydrogen (secondary N) is 1. The number of esters is 1. The van der Waals surface area contributed by atoms with Crippen molar-refractivity contribution in [3.05, 3.63) is 23.8 Å². The van der Waals surface area contributed by atoms with E-state index < -0.39 is 0 Å². The molecule has 1 heterocycles. The van der Waals surface area contributed by atoms with Gasteiger partial charge < -0.3 is 15.8 Å². The zero-order valence-electron chi connectivity index (χ0n) is 7.91. The van der Waals surface area contributed by atoms with Crippen LogP contribution in [0.2, 0.25) is 0 Å². The molecule has 0 spiro atoms. The van der Waals surface area contributed by atoms with E-state index in [2.05, 4.69) is 10.1 Å². The Hall–Kier alpha value is -1.71. The Morgan fingerprint density at radius 3 is 3.14 bits per heavy atom. The zero-order valence-corrected chi connectivity index (χ0v) is 7.91. The van der Waals surface area contributed by atoms with Gasteiger partial charge in [-0.2, -0.15) is 0 Å². The van der Waals surface area contributed by atoms with Crippen molar-refractivity contribution < 1.29 is 9.53 Å². The molecule has 0 aliphatic carbocycles. The number of hydrogen-bond donors (Lipinski definition) is 2. The molecule has 14 heavy (non-hydrogen) atoms. The molecule has 4 nitrogen and oxygen atoms in total. The van der Waals surface area contributed by atoms with Crippen molar-refractivity contribution in [1.29, 1.82) is 0 Å². The molecule has 0 amide bonds. The van der Waals surface area contributed by atoms with E-state index in [-0.39, 0.29) is 12.0 Å². The molecule has 0 bridgehead atoms. The number of carbonyl (C=O) groups excluding carboxylic acids is 1. The van der Waals surface area contributed by atoms with Gasteiger partial charge in [-0.25, -0.2) is 4.79 Å². The van der Waals surface area contributed by atoms with Crippen molar-refractivity contribution in [2.24, 2.45) is 0 Å². The van der Waals surface area contributed by atoms with Gasteiger partial charge in [-0.05, 0) is 17.7 Å². The van der Waals surface area contributed by atoms with E-state index in [1.807, 2.05) is 18.2 Å². The number of rotatable bonds is 1. The number of nitrogens with two attached hydrogens (primary N) is 1. The molecule has 0 fully saturated rings. The van der Waals surface area contributed by atoms with Crippen molar-refractivity contribution in [3.8, 4) is 0 Å². The molecule has 0 saturated heterocycles. The molecule has 1 atom stereocenters. The van der Waals surface area contributed by atoms with Crippen molar-refractivity contribution in [3.63, 3.8) is 0 Å². The van der Waals surface area contributed by atoms with Gasteiger partial charge in [0.2, 0.25) is 0 Å². The fraction of sp³-hybridized carbons (Fsp3) is 0.300. The highest BCUT2D eigenvalue weighted by molar-refractivity contribution is 5.83. The van der Waals surface area contributed by atoms with E-state index in [4.69, 9.17) is 5.73 Å². The minimum Gasteiger partial charge on any atom is -0.467 e. The molecular weight excluding hydrogens is 180 g/mol. The van der Waals surface area contributed by atoms with Gasteiger partial charge in [-0.15, -0.1) is 0 Å². The lowest BCUT2D eigenvalue weighted by Gasteiger charge is -2.07. The lowest BCUT2D eigenvalue weighted by Crippen LogP contribution is -2.27. The first-order chi connectivity index (χ1) is 6.70. The van der Waals surface area contributed by atoms with Crippen molar-refractivity contribution >= 4 is 17.3 Å². The number of hydrogen-bond acceptors (Lipinski definition) is 4. The van der Waals surface area contributed by atoms with Gasteiger partial charge >= 0.3 is 5.97 Å². The standard InChI is InChI=1S/C10H12N2O2/c1-14-10(13)9-4-6-2-3-7(11)5-8(6)12-9/h2-3,5,9,12H,4,11H2,1H3/t9-/m1/s1. The number of carbonyl (C=O) groups is 1. The maximum Gasteiger partial charge on any atom is 0.328 e. The molecule has 1 aromatic rings. The molecule has 74 valence electrons. The molecule has 0 saturated carbocycles. The van der Waals surface area contributed by atoms with Gasteiger partial charge in [0.25, 0.3) is 0 Å². The second-order valence-electron chi connectivity index (χ2n) is 3.34. The first kappa shape index (κ1) is 8.87. The third-order valence-corrected chi connectivity index (χ3v) is 2.37. The number of anilines is 2. The Bertz CT molecular complexity index is 376. The van der Waals surface area contributed by atoms with Crippen molar-refractivity contribution in [2.75, 3.05) is 18.2 Å². The van der Waals surface area contributed by atoms with Crippen LogP contribution in [-0.2, 0) is 16.0 Å². The Balaban J connectivity index is 2.22. The van der Waals surface area contributed by atoms with E-state index >= 15 is 0 Å². The van der Waals surface area contributed by atoms with Gasteiger partial charge in [-0.3, -0.25) is 0 Å². The van der Waals surface area contributed by atoms with Gasteiger partial charge in [0.1, 0.15) is 6.04 Å². The van der Waals surface area contributed by atoms with Crippen molar-refractivity contribution in [1.82, 2.24) is 0 Å². The van der Waals surface area contributed by atoms with Crippen LogP contribution in [0.25, 0.3) is 0 Å². The molecule has 0 radical (unpaired) electrons. The number of methoxy groups -OCH3 is 1. The highest BCUT2D eigenvalue weighted by atomic mass is 16.5. The highest BCUT2D eigenvalue weighted by Gasteiger charge is 2.27. The molecule has 0 unspecified atom stereocenters. The molecule has 3 N–H and O–H groups in total. The summed E-state index contributed by atoms with van der Waals surface area (Å²) in [7, 11) is 1.39. The SMILES string of the molecule is COC(=O)[C@H]1Cc2ccc(N)cc2N1. The monoisotopic (exact) mass is 192 g/mol. The first-order valence-electron chi connectivity index (χ1n) is 4.43. The average molecular weight is 192 g/mol. The number of ether oxygens (including phenoxy) is 1. The molecule has 1 aliphatic heterocycles. The minimum atomic E-state index is -0.267. The maximum atomic E-state index is 11.3. The summed E-state index contributed by atoms with van der Waals surface area (Å²) in [6, 6.07) is 5.33. The molecule has 2 rings (SSSR count). The second-order valence-corrected chi connectivity index (χ2v) is 3.34. The van der Waals surface area contributed by atoms with E-state index in [1.165, 1.54) is 7.11 Å². The lowest BCUT2D eigenvalue weighted by molar-refractivity contribution is -0.141. The van der Waals surface area contributed by atoms with Crippen LogP contribution in [0, 0.1) is 0 Å². The summed E-state index contributed by atoms with van der Waals surface area (Å²) in [6.45, 7) is 0. The maximum absolute atomic E-state index is 11.3. The summed E-state index contributed by atoms with van der Waals surface area (Å²) in [5.41, 5.74) is 8.36. The summed E-state index contributed by atoms with van der Waals surface area (Å²) >= 11 is 0. The van der Waals surface area contributed by atoms with Crippen LogP contribution in [-0.4, -0.2) is 19.1 Å². The predicted molar refractivity (Wildman–Crippen MR) is 54.0 cm³/mol. The van der Waals surface area contributed by atoms with E-state index in [9.17, 15) is 4.79 Å². The molecule has 0 aromatic heterocycles. The largest absolute Gasteiger partial charge is 0.467 e. The van der Waals surface area contributed by atoms with Crippen LogP contribution >= 0.6 is 0 Å². The van der Waals surface area contributed by atoms with Crippen LogP contribution < -0.4 is 11.1 Å². The Morgan fingerprint density at radius 2 is 2.43 bits per heavy atom. The van der Waals surface area contributed by atoms with Gasteiger partial charge in [-0.1, -0.05) is 6.07 Å². The zero-order chi connectivity index (χ0) is 10.1. The molecular formula is C10H12N2O2. The average Bonchev–Trinajstić information content (AvgIpc) is 2.59. The van der Waals surface area contributed by atoms with E-state index in [0.717, 1.165) is 11.3 Å².